The number of carbonyl (C=O) groups is 1. The lowest BCUT2D eigenvalue weighted by Gasteiger charge is -2.13. The molecule has 0 saturated heterocycles. The van der Waals surface area contributed by atoms with E-state index in [4.69, 9.17) is 14.2 Å². The summed E-state index contributed by atoms with van der Waals surface area (Å²) in [5.74, 6) is 1.46. The zero-order valence-corrected chi connectivity index (χ0v) is 29.8. The van der Waals surface area contributed by atoms with Crippen molar-refractivity contribution in [2.45, 2.75) is 181 Å². The van der Waals surface area contributed by atoms with Gasteiger partial charge in [-0.05, 0) is 37.0 Å². The topological polar surface area (TPSA) is 44.8 Å². The van der Waals surface area contributed by atoms with E-state index in [0.29, 0.717) is 19.6 Å². The molecule has 4 nitrogen and oxygen atoms in total. The Balaban J connectivity index is 2.29. The molecule has 0 N–H and O–H groups in total. The van der Waals surface area contributed by atoms with E-state index >= 15 is 0 Å². The van der Waals surface area contributed by atoms with E-state index in [-0.39, 0.29) is 12.6 Å². The highest BCUT2D eigenvalue weighted by Crippen LogP contribution is 2.25. The molecule has 1 aromatic carbocycles. The molecule has 0 radical (unpaired) electrons. The third kappa shape index (κ3) is 25.8. The summed E-state index contributed by atoms with van der Waals surface area (Å²) in [6, 6.07) is 5.98. The summed E-state index contributed by atoms with van der Waals surface area (Å²) in [5, 5.41) is 0.807. The highest BCUT2D eigenvalue weighted by Gasteiger charge is 2.08. The van der Waals surface area contributed by atoms with Crippen molar-refractivity contribution in [3.05, 3.63) is 23.8 Å². The van der Waals surface area contributed by atoms with Crippen LogP contribution in [0.15, 0.2) is 18.2 Å². The predicted molar refractivity (Wildman–Crippen MR) is 188 cm³/mol. The Labute approximate surface area is 274 Å². The fraction of sp³-hybridized carbons (Fsp3) is 0.816. The summed E-state index contributed by atoms with van der Waals surface area (Å²) < 4.78 is 17.8. The minimum atomic E-state index is -0.162. The van der Waals surface area contributed by atoms with Crippen molar-refractivity contribution in [2.75, 3.05) is 18.5 Å². The zero-order chi connectivity index (χ0) is 31.1. The molecule has 0 aliphatic rings. The molecule has 0 spiro atoms. The van der Waals surface area contributed by atoms with Gasteiger partial charge in [0.1, 0.15) is 18.1 Å². The van der Waals surface area contributed by atoms with E-state index < -0.39 is 0 Å². The average Bonchev–Trinajstić information content (AvgIpc) is 3.01. The summed E-state index contributed by atoms with van der Waals surface area (Å²) in [4.78, 5) is 12.0. The van der Waals surface area contributed by atoms with E-state index in [2.05, 4.69) is 29.8 Å². The minimum Gasteiger partial charge on any atom is -0.493 e. The van der Waals surface area contributed by atoms with Crippen LogP contribution in [0, 0.1) is 0 Å². The van der Waals surface area contributed by atoms with Crippen molar-refractivity contribution < 1.29 is 19.0 Å². The highest BCUT2D eigenvalue weighted by molar-refractivity contribution is 9.09. The van der Waals surface area contributed by atoms with Gasteiger partial charge in [0.05, 0.1) is 13.2 Å². The molecule has 1 aromatic rings. The van der Waals surface area contributed by atoms with Crippen LogP contribution < -0.4 is 9.47 Å². The number of rotatable bonds is 32. The quantitative estimate of drug-likeness (QED) is 0.0436. The predicted octanol–water partition coefficient (Wildman–Crippen LogP) is 12.7. The van der Waals surface area contributed by atoms with Crippen molar-refractivity contribution in [3.8, 4) is 11.5 Å². The first-order valence-corrected chi connectivity index (χ1v) is 19.4. The number of carbonyl (C=O) groups excluding carboxylic acids is 1. The summed E-state index contributed by atoms with van der Waals surface area (Å²) >= 11 is 3.37. The molecule has 0 amide bonds. The van der Waals surface area contributed by atoms with Crippen LogP contribution in [0.25, 0.3) is 0 Å². The fourth-order valence-corrected chi connectivity index (χ4v) is 5.70. The van der Waals surface area contributed by atoms with Crippen molar-refractivity contribution in [1.82, 2.24) is 0 Å². The molecule has 0 aliphatic heterocycles. The first-order chi connectivity index (χ1) is 21.2. The molecule has 0 saturated carbocycles. The Kier molecular flexibility index (Phi) is 28.5. The molecule has 43 heavy (non-hydrogen) atoms. The van der Waals surface area contributed by atoms with E-state index in [1.54, 1.807) is 0 Å². The fourth-order valence-electron chi connectivity index (χ4n) is 5.42. The molecule has 5 heteroatoms. The van der Waals surface area contributed by atoms with Crippen molar-refractivity contribution in [1.29, 1.82) is 0 Å². The second-order valence-electron chi connectivity index (χ2n) is 12.4. The smallest absolute Gasteiger partial charge is 0.306 e. The number of halogens is 1. The Hall–Kier alpha value is -1.23. The molecule has 0 heterocycles. The summed E-state index contributed by atoms with van der Waals surface area (Å²) in [7, 11) is 0. The SMILES string of the molecule is CCCCCCCCCCCCCCCCOc1cc(COC(=O)CCCBr)cc(OCCCCCCCCCCC)c1. The maximum Gasteiger partial charge on any atom is 0.306 e. The van der Waals surface area contributed by atoms with E-state index in [0.717, 1.165) is 41.7 Å². The standard InChI is InChI=1S/C38H67BrO4/c1-3-5-7-9-11-13-14-15-16-17-19-21-23-25-30-42-37-32-35(34-43-38(40)27-26-28-39)31-36(33-37)41-29-24-22-20-18-12-10-8-6-4-2/h31-33H,3-30,34H2,1-2H3. The Morgan fingerprint density at radius 1 is 0.535 bits per heavy atom. The van der Waals surface area contributed by atoms with Gasteiger partial charge in [0.2, 0.25) is 0 Å². The monoisotopic (exact) mass is 666 g/mol. The van der Waals surface area contributed by atoms with Gasteiger partial charge in [-0.15, -0.1) is 0 Å². The largest absolute Gasteiger partial charge is 0.493 e. The van der Waals surface area contributed by atoms with Crippen LogP contribution in [0.5, 0.6) is 11.5 Å². The van der Waals surface area contributed by atoms with Crippen LogP contribution in [0.1, 0.15) is 180 Å². The van der Waals surface area contributed by atoms with Crippen LogP contribution >= 0.6 is 15.9 Å². The first kappa shape index (κ1) is 39.8. The second kappa shape index (κ2) is 30.8. The number of esters is 1. The van der Waals surface area contributed by atoms with Gasteiger partial charge in [-0.2, -0.15) is 0 Å². The molecule has 0 unspecified atom stereocenters. The number of benzene rings is 1. The molecule has 0 fully saturated rings. The molecule has 0 aliphatic carbocycles. The molecule has 1 rings (SSSR count). The average molecular weight is 668 g/mol. The Bertz CT molecular complexity index is 753. The van der Waals surface area contributed by atoms with E-state index in [1.807, 2.05) is 18.2 Å². The maximum absolute atomic E-state index is 12.0. The van der Waals surface area contributed by atoms with Gasteiger partial charge < -0.3 is 14.2 Å². The van der Waals surface area contributed by atoms with Gasteiger partial charge >= 0.3 is 5.97 Å². The molecule has 0 aromatic heterocycles. The lowest BCUT2D eigenvalue weighted by Crippen LogP contribution is -2.06. The number of hydrogen-bond donors (Lipinski definition) is 0. The lowest BCUT2D eigenvalue weighted by molar-refractivity contribution is -0.144. The van der Waals surface area contributed by atoms with Gasteiger partial charge in [-0.3, -0.25) is 4.79 Å². The third-order valence-corrected chi connectivity index (χ3v) is 8.70. The summed E-state index contributed by atoms with van der Waals surface area (Å²) in [5.41, 5.74) is 0.924. The molecular formula is C38H67BrO4. The van der Waals surface area contributed by atoms with Gasteiger partial charge in [0.15, 0.2) is 0 Å². The van der Waals surface area contributed by atoms with Crippen molar-refractivity contribution in [3.63, 3.8) is 0 Å². The van der Waals surface area contributed by atoms with Crippen molar-refractivity contribution in [2.24, 2.45) is 0 Å². The zero-order valence-electron chi connectivity index (χ0n) is 28.2. The minimum absolute atomic E-state index is 0.162. The maximum atomic E-state index is 12.0. The van der Waals surface area contributed by atoms with E-state index in [1.165, 1.54) is 135 Å². The Morgan fingerprint density at radius 2 is 0.907 bits per heavy atom. The molecule has 250 valence electrons. The highest BCUT2D eigenvalue weighted by atomic mass is 79.9. The van der Waals surface area contributed by atoms with Gasteiger partial charge in [-0.1, -0.05) is 165 Å². The second-order valence-corrected chi connectivity index (χ2v) is 13.2. The van der Waals surface area contributed by atoms with Crippen LogP contribution in [-0.4, -0.2) is 24.5 Å². The van der Waals surface area contributed by atoms with Gasteiger partial charge in [-0.25, -0.2) is 0 Å². The van der Waals surface area contributed by atoms with Crippen LogP contribution in [0.2, 0.25) is 0 Å². The lowest BCUT2D eigenvalue weighted by atomic mass is 10.0. The Morgan fingerprint density at radius 3 is 1.28 bits per heavy atom. The van der Waals surface area contributed by atoms with Crippen molar-refractivity contribution >= 4 is 21.9 Å². The van der Waals surface area contributed by atoms with Gasteiger partial charge in [0.25, 0.3) is 0 Å². The van der Waals surface area contributed by atoms with E-state index in [9.17, 15) is 4.79 Å². The number of alkyl halides is 1. The molecule has 0 bridgehead atoms. The third-order valence-electron chi connectivity index (χ3n) is 8.14. The summed E-state index contributed by atoms with van der Waals surface area (Å²) in [6.07, 6.45) is 31.8. The normalized spacial score (nSPS) is 11.1. The number of hydrogen-bond acceptors (Lipinski definition) is 4. The molecular weight excluding hydrogens is 600 g/mol. The van der Waals surface area contributed by atoms with Crippen LogP contribution in [-0.2, 0) is 16.1 Å². The number of unbranched alkanes of at least 4 members (excludes halogenated alkanes) is 21. The number of ether oxygens (including phenoxy) is 3. The van der Waals surface area contributed by atoms with Crippen LogP contribution in [0.4, 0.5) is 0 Å². The summed E-state index contributed by atoms with van der Waals surface area (Å²) in [6.45, 7) is 6.23. The van der Waals surface area contributed by atoms with Crippen LogP contribution in [0.3, 0.4) is 0 Å². The van der Waals surface area contributed by atoms with Gasteiger partial charge in [0, 0.05) is 17.8 Å². The first-order valence-electron chi connectivity index (χ1n) is 18.3. The molecule has 0 atom stereocenters.